The number of carbonyl (C=O) groups is 1. The average Bonchev–Trinajstić information content (AvgIpc) is 2.17. The van der Waals surface area contributed by atoms with E-state index < -0.39 is 0 Å². The molecule has 4 heteroatoms. The Labute approximate surface area is 85.4 Å². The zero-order chi connectivity index (χ0) is 10.7. The Balaban J connectivity index is 2.59. The summed E-state index contributed by atoms with van der Waals surface area (Å²) in [4.78, 5) is 13.7. The molecule has 82 valence electrons. The van der Waals surface area contributed by atoms with Crippen molar-refractivity contribution in [2.75, 3.05) is 20.2 Å². The predicted octanol–water partition coefficient (Wildman–Crippen LogP) is 0.217. The molecular formula is C10H20N2O2. The van der Waals surface area contributed by atoms with Crippen molar-refractivity contribution in [3.63, 3.8) is 0 Å². The predicted molar refractivity (Wildman–Crippen MR) is 54.8 cm³/mol. The fraction of sp³-hybridized carbons (Fsp3) is 0.900. The molecule has 0 radical (unpaired) electrons. The monoisotopic (exact) mass is 200 g/mol. The van der Waals surface area contributed by atoms with Gasteiger partial charge in [-0.15, -0.1) is 0 Å². The van der Waals surface area contributed by atoms with Crippen molar-refractivity contribution in [2.24, 2.45) is 11.7 Å². The van der Waals surface area contributed by atoms with Crippen LogP contribution < -0.4 is 5.73 Å². The van der Waals surface area contributed by atoms with E-state index in [1.54, 1.807) is 0 Å². The van der Waals surface area contributed by atoms with Gasteiger partial charge in [-0.2, -0.15) is 0 Å². The summed E-state index contributed by atoms with van der Waals surface area (Å²) in [5.74, 6) is -0.334. The minimum Gasteiger partial charge on any atom is -0.469 e. The standard InChI is InChI=1S/C10H20N2O2/c1-7(2)12-5-4-9(11)8(6-12)10(13)14-3/h7-9H,4-6,11H2,1-3H3/t8-,9-/m1/s1. The number of hydrogen-bond acceptors (Lipinski definition) is 4. The third-order valence-electron chi connectivity index (χ3n) is 2.93. The molecule has 14 heavy (non-hydrogen) atoms. The van der Waals surface area contributed by atoms with Crippen LogP contribution in [0.1, 0.15) is 20.3 Å². The molecule has 2 atom stereocenters. The minimum absolute atomic E-state index is 0.0440. The van der Waals surface area contributed by atoms with Crippen LogP contribution in [0.4, 0.5) is 0 Å². The number of methoxy groups -OCH3 is 1. The van der Waals surface area contributed by atoms with Crippen molar-refractivity contribution >= 4 is 5.97 Å². The number of rotatable bonds is 2. The second-order valence-electron chi connectivity index (χ2n) is 4.17. The molecule has 1 heterocycles. The second kappa shape index (κ2) is 4.75. The van der Waals surface area contributed by atoms with Gasteiger partial charge in [0.05, 0.1) is 13.0 Å². The van der Waals surface area contributed by atoms with Crippen LogP contribution in [0.25, 0.3) is 0 Å². The van der Waals surface area contributed by atoms with Crippen molar-refractivity contribution in [3.8, 4) is 0 Å². The van der Waals surface area contributed by atoms with Crippen LogP contribution in [-0.4, -0.2) is 43.2 Å². The Morgan fingerprint density at radius 3 is 2.71 bits per heavy atom. The maximum Gasteiger partial charge on any atom is 0.311 e. The fourth-order valence-corrected chi connectivity index (χ4v) is 1.87. The molecule has 1 fully saturated rings. The van der Waals surface area contributed by atoms with Crippen molar-refractivity contribution in [2.45, 2.75) is 32.4 Å². The van der Waals surface area contributed by atoms with E-state index in [1.165, 1.54) is 7.11 Å². The fourth-order valence-electron chi connectivity index (χ4n) is 1.87. The average molecular weight is 200 g/mol. The molecule has 1 rings (SSSR count). The van der Waals surface area contributed by atoms with Crippen LogP contribution >= 0.6 is 0 Å². The Morgan fingerprint density at radius 2 is 2.21 bits per heavy atom. The van der Waals surface area contributed by atoms with Gasteiger partial charge >= 0.3 is 5.97 Å². The molecule has 0 unspecified atom stereocenters. The minimum atomic E-state index is -0.178. The van der Waals surface area contributed by atoms with Gasteiger partial charge in [-0.3, -0.25) is 9.69 Å². The number of ether oxygens (including phenoxy) is 1. The summed E-state index contributed by atoms with van der Waals surface area (Å²) in [5, 5.41) is 0. The van der Waals surface area contributed by atoms with Crippen LogP contribution in [0.15, 0.2) is 0 Å². The van der Waals surface area contributed by atoms with Gasteiger partial charge in [0.1, 0.15) is 0 Å². The van der Waals surface area contributed by atoms with E-state index >= 15 is 0 Å². The number of piperidine rings is 1. The molecule has 0 aromatic rings. The van der Waals surface area contributed by atoms with Gasteiger partial charge in [-0.1, -0.05) is 0 Å². The van der Waals surface area contributed by atoms with Gasteiger partial charge in [0.25, 0.3) is 0 Å². The summed E-state index contributed by atoms with van der Waals surface area (Å²) in [7, 11) is 1.42. The van der Waals surface area contributed by atoms with Crippen LogP contribution in [0.5, 0.6) is 0 Å². The smallest absolute Gasteiger partial charge is 0.311 e. The van der Waals surface area contributed by atoms with Crippen molar-refractivity contribution < 1.29 is 9.53 Å². The maximum absolute atomic E-state index is 11.4. The molecule has 0 spiro atoms. The Morgan fingerprint density at radius 1 is 1.57 bits per heavy atom. The molecule has 0 saturated carbocycles. The number of nitrogens with zero attached hydrogens (tertiary/aromatic N) is 1. The highest BCUT2D eigenvalue weighted by Crippen LogP contribution is 2.18. The number of hydrogen-bond donors (Lipinski definition) is 1. The lowest BCUT2D eigenvalue weighted by atomic mass is 9.92. The van der Waals surface area contributed by atoms with Crippen LogP contribution in [-0.2, 0) is 9.53 Å². The van der Waals surface area contributed by atoms with E-state index in [4.69, 9.17) is 10.5 Å². The molecule has 0 aliphatic carbocycles. The van der Waals surface area contributed by atoms with Crippen LogP contribution in [0, 0.1) is 5.92 Å². The zero-order valence-electron chi connectivity index (χ0n) is 9.19. The molecule has 1 aliphatic heterocycles. The molecule has 1 saturated heterocycles. The summed E-state index contributed by atoms with van der Waals surface area (Å²) in [6.45, 7) is 5.97. The summed E-state index contributed by atoms with van der Waals surface area (Å²) in [6, 6.07) is 0.423. The van der Waals surface area contributed by atoms with E-state index in [9.17, 15) is 4.79 Å². The highest BCUT2D eigenvalue weighted by molar-refractivity contribution is 5.73. The lowest BCUT2D eigenvalue weighted by Gasteiger charge is -2.37. The highest BCUT2D eigenvalue weighted by Gasteiger charge is 2.33. The lowest BCUT2D eigenvalue weighted by Crippen LogP contribution is -2.52. The normalized spacial score (nSPS) is 29.2. The van der Waals surface area contributed by atoms with Crippen LogP contribution in [0.2, 0.25) is 0 Å². The van der Waals surface area contributed by atoms with Crippen molar-refractivity contribution in [1.29, 1.82) is 0 Å². The Hall–Kier alpha value is -0.610. The first-order valence-corrected chi connectivity index (χ1v) is 5.13. The third-order valence-corrected chi connectivity index (χ3v) is 2.93. The maximum atomic E-state index is 11.4. The summed E-state index contributed by atoms with van der Waals surface area (Å²) >= 11 is 0. The Bertz CT molecular complexity index is 206. The molecule has 1 aliphatic rings. The SMILES string of the molecule is COC(=O)[C@@H]1CN(C(C)C)CC[C@H]1N. The first kappa shape index (κ1) is 11.5. The molecule has 4 nitrogen and oxygen atoms in total. The van der Waals surface area contributed by atoms with Gasteiger partial charge in [-0.25, -0.2) is 0 Å². The van der Waals surface area contributed by atoms with Gasteiger partial charge in [0.2, 0.25) is 0 Å². The lowest BCUT2D eigenvalue weighted by molar-refractivity contribution is -0.148. The number of esters is 1. The van der Waals surface area contributed by atoms with E-state index in [0.717, 1.165) is 19.5 Å². The van der Waals surface area contributed by atoms with Gasteiger partial charge < -0.3 is 10.5 Å². The number of nitrogens with two attached hydrogens (primary N) is 1. The largest absolute Gasteiger partial charge is 0.469 e. The molecule has 0 aromatic heterocycles. The molecule has 0 amide bonds. The molecule has 0 aromatic carbocycles. The third kappa shape index (κ3) is 2.45. The van der Waals surface area contributed by atoms with Crippen molar-refractivity contribution in [1.82, 2.24) is 4.90 Å². The van der Waals surface area contributed by atoms with Gasteiger partial charge in [0.15, 0.2) is 0 Å². The first-order valence-electron chi connectivity index (χ1n) is 5.13. The van der Waals surface area contributed by atoms with E-state index in [2.05, 4.69) is 18.7 Å². The molecule has 2 N–H and O–H groups in total. The first-order chi connectivity index (χ1) is 6.56. The summed E-state index contributed by atoms with van der Waals surface area (Å²) in [5.41, 5.74) is 5.89. The topological polar surface area (TPSA) is 55.6 Å². The van der Waals surface area contributed by atoms with Crippen LogP contribution in [0.3, 0.4) is 0 Å². The van der Waals surface area contributed by atoms with Crippen molar-refractivity contribution in [3.05, 3.63) is 0 Å². The quantitative estimate of drug-likeness (QED) is 0.648. The van der Waals surface area contributed by atoms with Gasteiger partial charge in [-0.05, 0) is 26.8 Å². The summed E-state index contributed by atoms with van der Waals surface area (Å²) in [6.07, 6.45) is 0.873. The van der Waals surface area contributed by atoms with E-state index in [1.807, 2.05) is 0 Å². The number of likely N-dealkylation sites (tertiary alicyclic amines) is 1. The van der Waals surface area contributed by atoms with Gasteiger partial charge in [0, 0.05) is 18.6 Å². The van der Waals surface area contributed by atoms with E-state index in [-0.39, 0.29) is 17.9 Å². The number of carbonyl (C=O) groups excluding carboxylic acids is 1. The Kier molecular flexibility index (Phi) is 3.89. The highest BCUT2D eigenvalue weighted by atomic mass is 16.5. The second-order valence-corrected chi connectivity index (χ2v) is 4.17. The zero-order valence-corrected chi connectivity index (χ0v) is 9.19. The molecular weight excluding hydrogens is 180 g/mol. The summed E-state index contributed by atoms with van der Waals surface area (Å²) < 4.78 is 4.74. The van der Waals surface area contributed by atoms with E-state index in [0.29, 0.717) is 6.04 Å². The molecule has 0 bridgehead atoms.